The minimum atomic E-state index is 0.577. The molecule has 2 saturated heterocycles. The van der Waals surface area contributed by atoms with Crippen LogP contribution in [0.2, 0.25) is 0 Å². The van der Waals surface area contributed by atoms with Gasteiger partial charge in [0, 0.05) is 43.5 Å². The van der Waals surface area contributed by atoms with E-state index in [0.717, 1.165) is 0 Å². The molecule has 0 aliphatic carbocycles. The van der Waals surface area contributed by atoms with Gasteiger partial charge < -0.3 is 4.90 Å². The number of hydrogen-bond donors (Lipinski definition) is 0. The van der Waals surface area contributed by atoms with Gasteiger partial charge in [-0.2, -0.15) is 5.10 Å². The molecule has 0 saturated carbocycles. The van der Waals surface area contributed by atoms with Crippen LogP contribution in [0.15, 0.2) is 36.5 Å². The highest BCUT2D eigenvalue weighted by molar-refractivity contribution is 5.22. The Hall–Kier alpha value is -1.65. The Bertz CT molecular complexity index is 693. The van der Waals surface area contributed by atoms with E-state index < -0.39 is 0 Å². The molecule has 25 heavy (non-hydrogen) atoms. The summed E-state index contributed by atoms with van der Waals surface area (Å²) in [7, 11) is 2.05. The zero-order valence-corrected chi connectivity index (χ0v) is 15.6. The van der Waals surface area contributed by atoms with E-state index in [1.807, 2.05) is 4.68 Å². The van der Waals surface area contributed by atoms with E-state index in [9.17, 15) is 0 Å². The smallest absolute Gasteiger partial charge is 0.0540 e. The van der Waals surface area contributed by atoms with E-state index in [0.29, 0.717) is 12.1 Å². The molecule has 4 heteroatoms. The van der Waals surface area contributed by atoms with Crippen LogP contribution in [0.1, 0.15) is 42.1 Å². The molecule has 1 aromatic heterocycles. The number of likely N-dealkylation sites (tertiary alicyclic amines) is 2. The Morgan fingerprint density at radius 2 is 1.96 bits per heavy atom. The third kappa shape index (κ3) is 3.51. The van der Waals surface area contributed by atoms with Gasteiger partial charge in [0.15, 0.2) is 0 Å². The van der Waals surface area contributed by atoms with Crippen LogP contribution < -0.4 is 0 Å². The third-order valence-corrected chi connectivity index (χ3v) is 6.20. The van der Waals surface area contributed by atoms with E-state index >= 15 is 0 Å². The molecule has 2 aliphatic heterocycles. The van der Waals surface area contributed by atoms with Gasteiger partial charge >= 0.3 is 0 Å². The summed E-state index contributed by atoms with van der Waals surface area (Å²) in [4.78, 5) is 5.43. The minimum absolute atomic E-state index is 0.577. The highest BCUT2D eigenvalue weighted by Gasteiger charge is 2.36. The zero-order chi connectivity index (χ0) is 17.2. The Kier molecular flexibility index (Phi) is 4.91. The second-order valence-corrected chi connectivity index (χ2v) is 7.68. The zero-order valence-electron chi connectivity index (χ0n) is 15.6. The molecule has 0 spiro atoms. The van der Waals surface area contributed by atoms with Crippen molar-refractivity contribution >= 4 is 0 Å². The van der Waals surface area contributed by atoms with Crippen LogP contribution in [0.4, 0.5) is 0 Å². The summed E-state index contributed by atoms with van der Waals surface area (Å²) in [6.07, 6.45) is 7.18. The highest BCUT2D eigenvalue weighted by atomic mass is 15.3. The van der Waals surface area contributed by atoms with E-state index in [1.165, 1.54) is 68.7 Å². The first-order chi connectivity index (χ1) is 12.2. The van der Waals surface area contributed by atoms with E-state index in [4.69, 9.17) is 0 Å². The molecule has 0 N–H and O–H groups in total. The van der Waals surface area contributed by atoms with Gasteiger partial charge in [-0.15, -0.1) is 0 Å². The molecule has 2 aromatic rings. The van der Waals surface area contributed by atoms with Crippen molar-refractivity contribution in [2.45, 2.75) is 44.7 Å². The van der Waals surface area contributed by atoms with Gasteiger partial charge in [0.05, 0.1) is 6.20 Å². The molecule has 2 fully saturated rings. The Balaban J connectivity index is 1.37. The van der Waals surface area contributed by atoms with Crippen molar-refractivity contribution in [1.82, 2.24) is 19.6 Å². The van der Waals surface area contributed by atoms with E-state index in [-0.39, 0.29) is 0 Å². The summed E-state index contributed by atoms with van der Waals surface area (Å²) in [5, 5.41) is 4.48. The summed E-state index contributed by atoms with van der Waals surface area (Å²) < 4.78 is 2.02. The maximum absolute atomic E-state index is 4.48. The van der Waals surface area contributed by atoms with Crippen LogP contribution in [-0.2, 0) is 13.5 Å². The van der Waals surface area contributed by atoms with Crippen molar-refractivity contribution in [3.8, 4) is 0 Å². The van der Waals surface area contributed by atoms with Crippen LogP contribution >= 0.6 is 0 Å². The number of hydrogen-bond acceptors (Lipinski definition) is 3. The fraction of sp³-hybridized carbons (Fsp3) is 0.571. The average molecular weight is 338 g/mol. The minimum Gasteiger partial charge on any atom is -0.301 e. The van der Waals surface area contributed by atoms with Crippen LogP contribution in [-0.4, -0.2) is 51.8 Å². The lowest BCUT2D eigenvalue weighted by atomic mass is 10.0. The predicted octanol–water partition coefficient (Wildman–Crippen LogP) is 3.18. The predicted molar refractivity (Wildman–Crippen MR) is 102 cm³/mol. The summed E-state index contributed by atoms with van der Waals surface area (Å²) in [6, 6.07) is 12.2. The lowest BCUT2D eigenvalue weighted by molar-refractivity contribution is 0.177. The molecule has 1 aromatic carbocycles. The summed E-state index contributed by atoms with van der Waals surface area (Å²) in [5.74, 6) is 0. The largest absolute Gasteiger partial charge is 0.301 e. The van der Waals surface area contributed by atoms with Crippen molar-refractivity contribution in [2.75, 3.05) is 26.2 Å². The number of rotatable bonds is 5. The molecule has 134 valence electrons. The highest BCUT2D eigenvalue weighted by Crippen LogP contribution is 2.37. The molecule has 0 unspecified atom stereocenters. The maximum Gasteiger partial charge on any atom is 0.0540 e. The first kappa shape index (κ1) is 16.8. The van der Waals surface area contributed by atoms with E-state index in [2.05, 4.69) is 65.4 Å². The quantitative estimate of drug-likeness (QED) is 0.837. The molecule has 2 atom stereocenters. The normalized spacial score (nSPS) is 25.0. The van der Waals surface area contributed by atoms with Gasteiger partial charge in [-0.1, -0.05) is 30.3 Å². The fourth-order valence-electron chi connectivity index (χ4n) is 4.62. The van der Waals surface area contributed by atoms with Gasteiger partial charge in [-0.25, -0.2) is 0 Å². The van der Waals surface area contributed by atoms with Crippen molar-refractivity contribution < 1.29 is 0 Å². The molecule has 4 rings (SSSR count). The van der Waals surface area contributed by atoms with E-state index in [1.54, 1.807) is 0 Å². The summed E-state index contributed by atoms with van der Waals surface area (Å²) in [5.41, 5.74) is 4.23. The molecule has 0 amide bonds. The number of benzene rings is 1. The first-order valence-electron chi connectivity index (χ1n) is 9.73. The fourth-order valence-corrected chi connectivity index (χ4v) is 4.62. The van der Waals surface area contributed by atoms with Crippen molar-refractivity contribution in [1.29, 1.82) is 0 Å². The van der Waals surface area contributed by atoms with Crippen LogP contribution in [0.25, 0.3) is 0 Å². The van der Waals surface area contributed by atoms with Gasteiger partial charge in [0.1, 0.15) is 0 Å². The van der Waals surface area contributed by atoms with Crippen molar-refractivity contribution in [3.63, 3.8) is 0 Å². The third-order valence-electron chi connectivity index (χ3n) is 6.20. The Labute approximate surface area is 151 Å². The molecule has 3 heterocycles. The summed E-state index contributed by atoms with van der Waals surface area (Å²) in [6.45, 7) is 7.11. The molecule has 2 aliphatic rings. The van der Waals surface area contributed by atoms with Crippen molar-refractivity contribution in [3.05, 3.63) is 53.3 Å². The SMILES string of the molecule is Cc1c([C@H]2CCCN2[C@H]2CCN(CCc3ccccc3)C2)cnn1C. The summed E-state index contributed by atoms with van der Waals surface area (Å²) >= 11 is 0. The molecule has 0 bridgehead atoms. The number of aryl methyl sites for hydroxylation is 1. The van der Waals surface area contributed by atoms with Gasteiger partial charge in [-0.05, 0) is 51.3 Å². The Morgan fingerprint density at radius 3 is 2.72 bits per heavy atom. The molecular weight excluding hydrogens is 308 g/mol. The second-order valence-electron chi connectivity index (χ2n) is 7.68. The van der Waals surface area contributed by atoms with Crippen LogP contribution in [0.3, 0.4) is 0 Å². The first-order valence-corrected chi connectivity index (χ1v) is 9.73. The van der Waals surface area contributed by atoms with Crippen LogP contribution in [0.5, 0.6) is 0 Å². The maximum atomic E-state index is 4.48. The average Bonchev–Trinajstić information content (AvgIpc) is 3.35. The van der Waals surface area contributed by atoms with Gasteiger partial charge in [-0.3, -0.25) is 9.58 Å². The standard InChI is InChI=1S/C21H30N4/c1-17-20(15-22-23(17)2)21-9-6-12-25(21)19-11-14-24(16-19)13-10-18-7-4-3-5-8-18/h3-5,7-8,15,19,21H,6,9-14,16H2,1-2H3/t19-,21+/m0/s1. The lowest BCUT2D eigenvalue weighted by Gasteiger charge is -2.30. The number of nitrogens with zero attached hydrogens (tertiary/aromatic N) is 4. The van der Waals surface area contributed by atoms with Crippen molar-refractivity contribution in [2.24, 2.45) is 7.05 Å². The number of aromatic nitrogens is 2. The van der Waals surface area contributed by atoms with Crippen LogP contribution in [0, 0.1) is 6.92 Å². The lowest BCUT2D eigenvalue weighted by Crippen LogP contribution is -2.37. The van der Waals surface area contributed by atoms with Gasteiger partial charge in [0.25, 0.3) is 0 Å². The topological polar surface area (TPSA) is 24.3 Å². The monoisotopic (exact) mass is 338 g/mol. The second kappa shape index (κ2) is 7.30. The molecule has 0 radical (unpaired) electrons. The van der Waals surface area contributed by atoms with Gasteiger partial charge in [0.2, 0.25) is 0 Å². The Morgan fingerprint density at radius 1 is 1.12 bits per heavy atom. The molecule has 4 nitrogen and oxygen atoms in total. The molecular formula is C21H30N4.